The number of amides is 1. The lowest BCUT2D eigenvalue weighted by molar-refractivity contribution is -0.00507. The van der Waals surface area contributed by atoms with Crippen molar-refractivity contribution in [2.45, 2.75) is 43.6 Å². The summed E-state index contributed by atoms with van der Waals surface area (Å²) in [6.45, 7) is 4.11. The van der Waals surface area contributed by atoms with E-state index in [1.807, 2.05) is 54.6 Å². The molecule has 3 fully saturated rings. The van der Waals surface area contributed by atoms with Crippen molar-refractivity contribution in [1.29, 1.82) is 0 Å². The fourth-order valence-electron chi connectivity index (χ4n) is 6.72. The van der Waals surface area contributed by atoms with E-state index in [0.29, 0.717) is 66.4 Å². The lowest BCUT2D eigenvalue weighted by Crippen LogP contribution is -2.63. The second-order valence-corrected chi connectivity index (χ2v) is 11.7. The van der Waals surface area contributed by atoms with Crippen LogP contribution in [0, 0.1) is 0 Å². The molecule has 0 spiro atoms. The molecule has 2 aromatic carbocycles. The maximum atomic E-state index is 16.0. The van der Waals surface area contributed by atoms with Crippen molar-refractivity contribution in [1.82, 2.24) is 34.4 Å². The molecule has 3 saturated heterocycles. The van der Waals surface area contributed by atoms with Gasteiger partial charge in [-0.15, -0.1) is 0 Å². The molecule has 0 unspecified atom stereocenters. The lowest BCUT2D eigenvalue weighted by Gasteiger charge is -2.48. The number of para-hydroxylation sites is 1. The van der Waals surface area contributed by atoms with E-state index in [1.165, 1.54) is 11.2 Å². The Labute approximate surface area is 248 Å². The van der Waals surface area contributed by atoms with E-state index in [0.717, 1.165) is 43.8 Å². The highest BCUT2D eigenvalue weighted by Crippen LogP contribution is 2.37. The SMILES string of the molecule is Nc1ncnc2c1c(-c1ccc(Oc3ccccc3)cc1)nn2[C@@H]1CCN(C2CCN(C3CN(C(=O)O)C3)CC2)C[C@@H]1F. The van der Waals surface area contributed by atoms with Crippen LogP contribution in [0.2, 0.25) is 0 Å². The van der Waals surface area contributed by atoms with Gasteiger partial charge in [0.25, 0.3) is 0 Å². The number of alkyl halides is 1. The molecule has 43 heavy (non-hydrogen) atoms. The van der Waals surface area contributed by atoms with Crippen LogP contribution in [0.4, 0.5) is 15.0 Å². The third-order valence-corrected chi connectivity index (χ3v) is 9.14. The van der Waals surface area contributed by atoms with Gasteiger partial charge in [-0.3, -0.25) is 9.80 Å². The number of aromatic nitrogens is 4. The first-order chi connectivity index (χ1) is 20.9. The van der Waals surface area contributed by atoms with Gasteiger partial charge < -0.3 is 20.5 Å². The second-order valence-electron chi connectivity index (χ2n) is 11.7. The van der Waals surface area contributed by atoms with Crippen molar-refractivity contribution in [3.05, 3.63) is 60.9 Å². The number of hydrogen-bond donors (Lipinski definition) is 2. The molecule has 0 saturated carbocycles. The van der Waals surface area contributed by atoms with Crippen LogP contribution in [-0.4, -0.2) is 103 Å². The van der Waals surface area contributed by atoms with Crippen LogP contribution >= 0.6 is 0 Å². The predicted molar refractivity (Wildman–Crippen MR) is 160 cm³/mol. The van der Waals surface area contributed by atoms with E-state index in [2.05, 4.69) is 19.8 Å². The van der Waals surface area contributed by atoms with E-state index >= 15 is 4.39 Å². The van der Waals surface area contributed by atoms with Crippen molar-refractivity contribution >= 4 is 22.9 Å². The largest absolute Gasteiger partial charge is 0.465 e. The minimum absolute atomic E-state index is 0.306. The van der Waals surface area contributed by atoms with Crippen molar-refractivity contribution < 1.29 is 19.0 Å². The number of nitrogens with two attached hydrogens (primary N) is 1. The second kappa shape index (κ2) is 11.4. The molecule has 224 valence electrons. The summed E-state index contributed by atoms with van der Waals surface area (Å²) in [6.07, 6.45) is 1.98. The van der Waals surface area contributed by atoms with Gasteiger partial charge in [-0.1, -0.05) is 18.2 Å². The molecule has 7 rings (SSSR count). The molecule has 2 atom stereocenters. The highest BCUT2D eigenvalue weighted by atomic mass is 19.1. The zero-order valence-electron chi connectivity index (χ0n) is 23.8. The van der Waals surface area contributed by atoms with Crippen LogP contribution in [0.3, 0.4) is 0 Å². The molecule has 0 radical (unpaired) electrons. The number of fused-ring (bicyclic) bond motifs is 1. The van der Waals surface area contributed by atoms with Gasteiger partial charge in [0.05, 0.1) is 11.4 Å². The van der Waals surface area contributed by atoms with E-state index in [9.17, 15) is 4.79 Å². The molecular weight excluding hydrogens is 551 g/mol. The summed E-state index contributed by atoms with van der Waals surface area (Å²) in [7, 11) is 0. The smallest absolute Gasteiger partial charge is 0.407 e. The summed E-state index contributed by atoms with van der Waals surface area (Å²) in [5, 5.41) is 14.6. The Bertz CT molecular complexity index is 1590. The van der Waals surface area contributed by atoms with Gasteiger partial charge in [-0.05, 0) is 55.7 Å². The van der Waals surface area contributed by atoms with E-state index < -0.39 is 18.3 Å². The zero-order valence-corrected chi connectivity index (χ0v) is 23.8. The first-order valence-corrected chi connectivity index (χ1v) is 14.9. The topological polar surface area (TPSA) is 126 Å². The van der Waals surface area contributed by atoms with Crippen molar-refractivity contribution in [3.8, 4) is 22.8 Å². The Hall–Kier alpha value is -4.29. The Morgan fingerprint density at radius 1 is 0.884 bits per heavy atom. The summed E-state index contributed by atoms with van der Waals surface area (Å²) in [5.74, 6) is 1.76. The Morgan fingerprint density at radius 2 is 1.58 bits per heavy atom. The van der Waals surface area contributed by atoms with Gasteiger partial charge in [0.1, 0.15) is 35.5 Å². The van der Waals surface area contributed by atoms with E-state index in [1.54, 1.807) is 4.68 Å². The number of anilines is 1. The quantitative estimate of drug-likeness (QED) is 0.341. The third kappa shape index (κ3) is 5.36. The van der Waals surface area contributed by atoms with E-state index in [-0.39, 0.29) is 0 Å². The van der Waals surface area contributed by atoms with Crippen LogP contribution in [0.1, 0.15) is 25.3 Å². The number of piperidine rings is 2. The Kier molecular flexibility index (Phi) is 7.31. The Morgan fingerprint density at radius 3 is 2.28 bits per heavy atom. The molecule has 0 bridgehead atoms. The maximum Gasteiger partial charge on any atom is 0.407 e. The van der Waals surface area contributed by atoms with Crippen LogP contribution in [0.25, 0.3) is 22.3 Å². The van der Waals surface area contributed by atoms with Gasteiger partial charge in [0.15, 0.2) is 5.65 Å². The molecule has 3 aliphatic rings. The minimum Gasteiger partial charge on any atom is -0.465 e. The molecule has 4 aromatic rings. The molecule has 12 heteroatoms. The third-order valence-electron chi connectivity index (χ3n) is 9.14. The van der Waals surface area contributed by atoms with Crippen molar-refractivity contribution in [2.75, 3.05) is 45.0 Å². The monoisotopic (exact) mass is 586 g/mol. The first kappa shape index (κ1) is 27.5. The van der Waals surface area contributed by atoms with Crippen molar-refractivity contribution in [3.63, 3.8) is 0 Å². The van der Waals surface area contributed by atoms with Gasteiger partial charge >= 0.3 is 6.09 Å². The predicted octanol–water partition coefficient (Wildman–Crippen LogP) is 4.28. The zero-order chi connectivity index (χ0) is 29.5. The van der Waals surface area contributed by atoms with Gasteiger partial charge in [0, 0.05) is 56.9 Å². The maximum absolute atomic E-state index is 16.0. The fourth-order valence-corrected chi connectivity index (χ4v) is 6.72. The van der Waals surface area contributed by atoms with Crippen molar-refractivity contribution in [2.24, 2.45) is 0 Å². The minimum atomic E-state index is -1.11. The number of ether oxygens (including phenoxy) is 1. The normalized spacial score (nSPS) is 22.5. The van der Waals surface area contributed by atoms with E-state index in [4.69, 9.17) is 20.7 Å². The average molecular weight is 587 g/mol. The molecule has 3 N–H and O–H groups in total. The molecule has 2 aromatic heterocycles. The van der Waals surface area contributed by atoms with Gasteiger partial charge in [-0.25, -0.2) is 23.8 Å². The number of carbonyl (C=O) groups is 1. The number of nitrogen functional groups attached to an aromatic ring is 1. The molecule has 1 amide bonds. The average Bonchev–Trinajstić information content (AvgIpc) is 3.38. The van der Waals surface area contributed by atoms with Gasteiger partial charge in [-0.2, -0.15) is 5.10 Å². The first-order valence-electron chi connectivity index (χ1n) is 14.9. The number of carboxylic acid groups (broad SMARTS) is 1. The van der Waals surface area contributed by atoms with Gasteiger partial charge in [0.2, 0.25) is 0 Å². The molecule has 11 nitrogen and oxygen atoms in total. The van der Waals surface area contributed by atoms with Crippen LogP contribution in [0.15, 0.2) is 60.9 Å². The molecule has 5 heterocycles. The molecule has 0 aliphatic carbocycles. The summed E-state index contributed by atoms with van der Waals surface area (Å²) in [5.41, 5.74) is 8.31. The number of hydrogen-bond acceptors (Lipinski definition) is 8. The number of nitrogens with zero attached hydrogens (tertiary/aromatic N) is 7. The highest BCUT2D eigenvalue weighted by molar-refractivity contribution is 5.98. The van der Waals surface area contributed by atoms with Crippen LogP contribution in [0.5, 0.6) is 11.5 Å². The number of halogens is 1. The number of rotatable bonds is 6. The van der Waals surface area contributed by atoms with Crippen LogP contribution < -0.4 is 10.5 Å². The number of benzene rings is 2. The Balaban J connectivity index is 1.04. The van der Waals surface area contributed by atoms with Crippen LogP contribution in [-0.2, 0) is 0 Å². The number of likely N-dealkylation sites (tertiary alicyclic amines) is 3. The molecule has 3 aliphatic heterocycles. The standard InChI is InChI=1S/C31H35FN8O3/c32-25-18-38(21-10-13-37(14-11-21)22-16-39(17-22)31(41)42)15-12-26(25)40-30-27(29(33)34-19-35-30)28(36-40)20-6-8-24(9-7-20)43-23-4-2-1-3-5-23/h1-9,19,21-22,25-26H,10-18H2,(H,41,42)(H2,33,34,35)/t25-,26+/m0/s1. The fraction of sp³-hybridized carbons (Fsp3) is 0.419. The summed E-state index contributed by atoms with van der Waals surface area (Å²) < 4.78 is 23.6. The summed E-state index contributed by atoms with van der Waals surface area (Å²) >= 11 is 0. The highest BCUT2D eigenvalue weighted by Gasteiger charge is 2.40. The lowest BCUT2D eigenvalue weighted by atomic mass is 9.95. The molecular formula is C31H35FN8O3. The summed E-state index contributed by atoms with van der Waals surface area (Å²) in [4.78, 5) is 25.9. The summed E-state index contributed by atoms with van der Waals surface area (Å²) in [6, 6.07) is 17.3.